The number of nitrogens with zero attached hydrogens (tertiary/aromatic N) is 3. The Bertz CT molecular complexity index is 1110. The van der Waals surface area contributed by atoms with Crippen LogP contribution in [0.1, 0.15) is 24.1 Å². The van der Waals surface area contributed by atoms with Crippen LogP contribution in [0.25, 0.3) is 0 Å². The number of carbonyl (C=O) groups is 2. The van der Waals surface area contributed by atoms with Gasteiger partial charge in [-0.15, -0.1) is 0 Å². The number of piperazine rings is 1. The van der Waals surface area contributed by atoms with Crippen LogP contribution in [-0.2, 0) is 20.5 Å². The molecule has 0 radical (unpaired) electrons. The fourth-order valence-electron chi connectivity index (χ4n) is 4.18. The van der Waals surface area contributed by atoms with Crippen LogP contribution in [0.15, 0.2) is 53.5 Å². The van der Waals surface area contributed by atoms with Gasteiger partial charge in [0.05, 0.1) is 12.2 Å². The summed E-state index contributed by atoms with van der Waals surface area (Å²) in [4.78, 5) is 33.7. The van der Waals surface area contributed by atoms with Crippen molar-refractivity contribution < 1.29 is 31.9 Å². The Balaban J connectivity index is 1.54. The first-order chi connectivity index (χ1) is 16.7. The number of nitrogens with one attached hydrogen (secondary N) is 1. The SMILES string of the molecule is CCOC(=O)[C@H]1C(=O)NC(N2CCN(c3cccc(C(F)(F)F)c3)CC2)=N[C@@H]1c1ccc(F)cc1. The van der Waals surface area contributed by atoms with E-state index < -0.39 is 41.4 Å². The molecule has 0 saturated carbocycles. The van der Waals surface area contributed by atoms with Gasteiger partial charge in [0.15, 0.2) is 5.92 Å². The molecule has 0 unspecified atom stereocenters. The van der Waals surface area contributed by atoms with E-state index in [4.69, 9.17) is 4.74 Å². The molecular formula is C24H24F4N4O3. The lowest BCUT2D eigenvalue weighted by molar-refractivity contribution is -0.153. The highest BCUT2D eigenvalue weighted by molar-refractivity contribution is 6.08. The molecule has 0 aliphatic carbocycles. The van der Waals surface area contributed by atoms with Gasteiger partial charge in [-0.1, -0.05) is 18.2 Å². The maximum atomic E-state index is 13.5. The Morgan fingerprint density at radius 1 is 1.09 bits per heavy atom. The van der Waals surface area contributed by atoms with Crippen molar-refractivity contribution in [3.63, 3.8) is 0 Å². The minimum absolute atomic E-state index is 0.0901. The van der Waals surface area contributed by atoms with Crippen molar-refractivity contribution >= 4 is 23.5 Å². The van der Waals surface area contributed by atoms with Crippen LogP contribution in [0.5, 0.6) is 0 Å². The maximum absolute atomic E-state index is 13.5. The van der Waals surface area contributed by atoms with Crippen molar-refractivity contribution in [2.45, 2.75) is 19.1 Å². The minimum atomic E-state index is -4.43. The Morgan fingerprint density at radius 3 is 2.37 bits per heavy atom. The number of guanidine groups is 1. The molecule has 35 heavy (non-hydrogen) atoms. The normalized spacial score (nSPS) is 20.8. The van der Waals surface area contributed by atoms with Gasteiger partial charge in [-0.2, -0.15) is 13.2 Å². The molecule has 0 spiro atoms. The molecule has 1 N–H and O–H groups in total. The zero-order chi connectivity index (χ0) is 25.2. The van der Waals surface area contributed by atoms with E-state index in [0.717, 1.165) is 12.1 Å². The molecular weight excluding hydrogens is 468 g/mol. The molecule has 1 saturated heterocycles. The van der Waals surface area contributed by atoms with Crippen LogP contribution in [0, 0.1) is 11.7 Å². The third kappa shape index (κ3) is 5.39. The maximum Gasteiger partial charge on any atom is 0.416 e. The van der Waals surface area contributed by atoms with Gasteiger partial charge in [0.1, 0.15) is 11.9 Å². The van der Waals surface area contributed by atoms with Crippen molar-refractivity contribution in [2.75, 3.05) is 37.7 Å². The number of rotatable bonds is 4. The summed E-state index contributed by atoms with van der Waals surface area (Å²) in [5.74, 6) is -2.74. The summed E-state index contributed by atoms with van der Waals surface area (Å²) < 4.78 is 57.7. The number of alkyl halides is 3. The van der Waals surface area contributed by atoms with Crippen molar-refractivity contribution in [2.24, 2.45) is 10.9 Å². The molecule has 1 amide bonds. The Hall–Kier alpha value is -3.63. The monoisotopic (exact) mass is 492 g/mol. The van der Waals surface area contributed by atoms with Crippen molar-refractivity contribution in [1.82, 2.24) is 10.2 Å². The van der Waals surface area contributed by atoms with Crippen LogP contribution >= 0.6 is 0 Å². The quantitative estimate of drug-likeness (QED) is 0.403. The third-order valence-corrected chi connectivity index (χ3v) is 5.96. The molecule has 4 rings (SSSR count). The number of anilines is 1. The van der Waals surface area contributed by atoms with Gasteiger partial charge in [-0.3, -0.25) is 14.9 Å². The first kappa shape index (κ1) is 24.5. The van der Waals surface area contributed by atoms with Crippen molar-refractivity contribution in [1.29, 1.82) is 0 Å². The first-order valence-electron chi connectivity index (χ1n) is 11.2. The molecule has 0 bridgehead atoms. The van der Waals surface area contributed by atoms with Crippen LogP contribution in [-0.4, -0.2) is 55.5 Å². The summed E-state index contributed by atoms with van der Waals surface area (Å²) in [5.41, 5.74) is 0.230. The number of esters is 1. The van der Waals surface area contributed by atoms with Crippen molar-refractivity contribution in [3.8, 4) is 0 Å². The highest BCUT2D eigenvalue weighted by Crippen LogP contribution is 2.33. The predicted molar refractivity (Wildman–Crippen MR) is 120 cm³/mol. The summed E-state index contributed by atoms with van der Waals surface area (Å²) in [5, 5.41) is 2.67. The average molecular weight is 492 g/mol. The Morgan fingerprint density at radius 2 is 1.74 bits per heavy atom. The number of hydrogen-bond acceptors (Lipinski definition) is 6. The second-order valence-corrected chi connectivity index (χ2v) is 8.19. The molecule has 2 aliphatic rings. The molecule has 0 aromatic heterocycles. The fraction of sp³-hybridized carbons (Fsp3) is 0.375. The smallest absolute Gasteiger partial charge is 0.416 e. The highest BCUT2D eigenvalue weighted by atomic mass is 19.4. The molecule has 2 aliphatic heterocycles. The minimum Gasteiger partial charge on any atom is -0.465 e. The third-order valence-electron chi connectivity index (χ3n) is 5.96. The lowest BCUT2D eigenvalue weighted by atomic mass is 9.91. The van der Waals surface area contributed by atoms with Crippen LogP contribution < -0.4 is 10.2 Å². The van der Waals surface area contributed by atoms with Gasteiger partial charge in [0.25, 0.3) is 0 Å². The van der Waals surface area contributed by atoms with Gasteiger partial charge in [0.2, 0.25) is 11.9 Å². The zero-order valence-corrected chi connectivity index (χ0v) is 18.9. The topological polar surface area (TPSA) is 74.2 Å². The van der Waals surface area contributed by atoms with E-state index in [0.29, 0.717) is 37.4 Å². The van der Waals surface area contributed by atoms with Gasteiger partial charge in [0, 0.05) is 31.9 Å². The number of ether oxygens (including phenoxy) is 1. The van der Waals surface area contributed by atoms with Crippen LogP contribution in [0.2, 0.25) is 0 Å². The number of amides is 1. The van der Waals surface area contributed by atoms with E-state index in [9.17, 15) is 27.2 Å². The van der Waals surface area contributed by atoms with Crippen LogP contribution in [0.3, 0.4) is 0 Å². The van der Waals surface area contributed by atoms with Gasteiger partial charge in [-0.05, 0) is 42.8 Å². The molecule has 1 fully saturated rings. The second-order valence-electron chi connectivity index (χ2n) is 8.19. The van der Waals surface area contributed by atoms with Gasteiger partial charge < -0.3 is 14.5 Å². The largest absolute Gasteiger partial charge is 0.465 e. The van der Waals surface area contributed by atoms with E-state index in [2.05, 4.69) is 10.3 Å². The number of carbonyl (C=O) groups excluding carboxylic acids is 2. The molecule has 11 heteroatoms. The molecule has 2 atom stereocenters. The summed E-state index contributed by atoms with van der Waals surface area (Å²) in [6.45, 7) is 3.29. The fourth-order valence-corrected chi connectivity index (χ4v) is 4.18. The Labute approximate surface area is 199 Å². The summed E-state index contributed by atoms with van der Waals surface area (Å²) in [6.07, 6.45) is -4.43. The van der Waals surface area contributed by atoms with E-state index in [-0.39, 0.29) is 12.6 Å². The van der Waals surface area contributed by atoms with Gasteiger partial charge in [-0.25, -0.2) is 9.38 Å². The molecule has 7 nitrogen and oxygen atoms in total. The summed E-state index contributed by atoms with van der Waals surface area (Å²) in [6, 6.07) is 9.64. The van der Waals surface area contributed by atoms with E-state index in [1.54, 1.807) is 17.9 Å². The van der Waals surface area contributed by atoms with E-state index in [1.165, 1.54) is 30.3 Å². The lowest BCUT2D eigenvalue weighted by Crippen LogP contribution is -2.57. The molecule has 186 valence electrons. The predicted octanol–water partition coefficient (Wildman–Crippen LogP) is 3.37. The average Bonchev–Trinajstić information content (AvgIpc) is 2.84. The van der Waals surface area contributed by atoms with Crippen molar-refractivity contribution in [3.05, 3.63) is 65.5 Å². The van der Waals surface area contributed by atoms with E-state index >= 15 is 0 Å². The second kappa shape index (κ2) is 9.93. The zero-order valence-electron chi connectivity index (χ0n) is 18.9. The number of benzene rings is 2. The van der Waals surface area contributed by atoms with E-state index in [1.807, 2.05) is 4.90 Å². The number of aliphatic imine (C=N–C) groups is 1. The summed E-state index contributed by atoms with van der Waals surface area (Å²) in [7, 11) is 0. The van der Waals surface area contributed by atoms with Gasteiger partial charge >= 0.3 is 12.1 Å². The summed E-state index contributed by atoms with van der Waals surface area (Å²) >= 11 is 0. The lowest BCUT2D eigenvalue weighted by Gasteiger charge is -2.39. The highest BCUT2D eigenvalue weighted by Gasteiger charge is 2.42. The first-order valence-corrected chi connectivity index (χ1v) is 11.2. The molecule has 2 heterocycles. The Kier molecular flexibility index (Phi) is 6.95. The molecule has 2 aromatic rings. The molecule has 2 aromatic carbocycles. The standard InChI is InChI=1S/C24H24F4N4O3/c1-2-35-22(34)19-20(15-6-8-17(25)9-7-15)29-23(30-21(19)33)32-12-10-31(11-13-32)18-5-3-4-16(14-18)24(26,27)28/h3-9,14,19-20H,2,10-13H2,1H3,(H,29,30,33)/t19-,20-/m1/s1. The number of hydrogen-bond donors (Lipinski definition) is 1. The number of halogens is 4. The van der Waals surface area contributed by atoms with Crippen LogP contribution in [0.4, 0.5) is 23.2 Å².